The number of aromatic hydroxyl groups is 1. The van der Waals surface area contributed by atoms with Crippen LogP contribution in [0, 0.1) is 0 Å². The molecule has 0 saturated carbocycles. The molecule has 0 unspecified atom stereocenters. The first kappa shape index (κ1) is 15.6. The Hall–Kier alpha value is -3.94. The summed E-state index contributed by atoms with van der Waals surface area (Å²) in [5.74, 6) is -1.30. The van der Waals surface area contributed by atoms with E-state index in [1.165, 1.54) is 6.07 Å². The highest BCUT2D eigenvalue weighted by Crippen LogP contribution is 2.24. The molecule has 8 heteroatoms. The summed E-state index contributed by atoms with van der Waals surface area (Å²) < 4.78 is 0. The summed E-state index contributed by atoms with van der Waals surface area (Å²) in [5, 5.41) is 22.0. The van der Waals surface area contributed by atoms with Gasteiger partial charge in [-0.05, 0) is 41.1 Å². The van der Waals surface area contributed by atoms with Gasteiger partial charge in [-0.2, -0.15) is 15.4 Å². The van der Waals surface area contributed by atoms with Gasteiger partial charge in [0.2, 0.25) is 0 Å². The maximum atomic E-state index is 12.3. The number of hydrogen-bond acceptors (Lipinski definition) is 5. The van der Waals surface area contributed by atoms with Crippen molar-refractivity contribution in [3.63, 3.8) is 0 Å². The van der Waals surface area contributed by atoms with E-state index in [1.807, 2.05) is 24.3 Å². The average molecular weight is 347 g/mol. The number of aromatic amines is 1. The Morgan fingerprint density at radius 1 is 0.846 bits per heavy atom. The SMILES string of the molecule is O=C(NNC(=O)c1cc2ccccc2cc1O)c1ccc2n[nH]nc2c1. The summed E-state index contributed by atoms with van der Waals surface area (Å²) in [7, 11) is 0. The van der Waals surface area contributed by atoms with E-state index in [1.54, 1.807) is 24.3 Å². The molecular weight excluding hydrogens is 334 g/mol. The predicted octanol–water partition coefficient (Wildman–Crippen LogP) is 1.89. The molecule has 0 bridgehead atoms. The maximum absolute atomic E-state index is 12.3. The number of benzene rings is 3. The Morgan fingerprint density at radius 2 is 1.54 bits per heavy atom. The summed E-state index contributed by atoms with van der Waals surface area (Å²) in [6.07, 6.45) is 0. The molecule has 26 heavy (non-hydrogen) atoms. The zero-order valence-electron chi connectivity index (χ0n) is 13.4. The number of carbonyl (C=O) groups excluding carboxylic acids is 2. The fourth-order valence-corrected chi connectivity index (χ4v) is 2.64. The van der Waals surface area contributed by atoms with Crippen LogP contribution < -0.4 is 10.9 Å². The van der Waals surface area contributed by atoms with Gasteiger partial charge in [-0.3, -0.25) is 20.4 Å². The minimum Gasteiger partial charge on any atom is -0.507 e. The lowest BCUT2D eigenvalue weighted by atomic mass is 10.1. The molecule has 4 N–H and O–H groups in total. The number of aromatic nitrogens is 3. The Balaban J connectivity index is 1.51. The first-order chi connectivity index (χ1) is 12.6. The van der Waals surface area contributed by atoms with Crippen molar-refractivity contribution in [2.45, 2.75) is 0 Å². The molecule has 0 spiro atoms. The molecule has 4 rings (SSSR count). The highest BCUT2D eigenvalue weighted by atomic mass is 16.3. The fourth-order valence-electron chi connectivity index (χ4n) is 2.64. The number of hydrogen-bond donors (Lipinski definition) is 4. The third-order valence-corrected chi connectivity index (χ3v) is 3.98. The molecule has 0 aliphatic carbocycles. The number of hydrazine groups is 1. The van der Waals surface area contributed by atoms with Gasteiger partial charge in [0.25, 0.3) is 11.8 Å². The van der Waals surface area contributed by atoms with Gasteiger partial charge in [0.15, 0.2) is 0 Å². The molecular formula is C18H13N5O3. The van der Waals surface area contributed by atoms with Gasteiger partial charge in [0, 0.05) is 5.56 Å². The maximum Gasteiger partial charge on any atom is 0.273 e. The van der Waals surface area contributed by atoms with Gasteiger partial charge in [-0.15, -0.1) is 0 Å². The molecule has 0 saturated heterocycles. The first-order valence-corrected chi connectivity index (χ1v) is 7.75. The van der Waals surface area contributed by atoms with Crippen LogP contribution in [0.2, 0.25) is 0 Å². The van der Waals surface area contributed by atoms with Crippen LogP contribution in [-0.2, 0) is 0 Å². The van der Waals surface area contributed by atoms with Crippen LogP contribution in [0.5, 0.6) is 5.75 Å². The smallest absolute Gasteiger partial charge is 0.273 e. The van der Waals surface area contributed by atoms with Crippen LogP contribution in [0.1, 0.15) is 20.7 Å². The molecule has 128 valence electrons. The molecule has 4 aromatic rings. The summed E-state index contributed by atoms with van der Waals surface area (Å²) in [6.45, 7) is 0. The monoisotopic (exact) mass is 347 g/mol. The molecule has 0 atom stereocenters. The van der Waals surface area contributed by atoms with E-state index in [0.717, 1.165) is 10.8 Å². The van der Waals surface area contributed by atoms with Gasteiger partial charge >= 0.3 is 0 Å². The normalized spacial score (nSPS) is 10.8. The quantitative estimate of drug-likeness (QED) is 0.413. The van der Waals surface area contributed by atoms with Gasteiger partial charge in [-0.25, -0.2) is 0 Å². The lowest BCUT2D eigenvalue weighted by Gasteiger charge is -2.09. The number of H-pyrrole nitrogens is 1. The van der Waals surface area contributed by atoms with Crippen LogP contribution in [0.4, 0.5) is 0 Å². The third kappa shape index (κ3) is 2.80. The number of fused-ring (bicyclic) bond motifs is 2. The molecule has 2 amide bonds. The number of rotatable bonds is 2. The van der Waals surface area contributed by atoms with Crippen molar-refractivity contribution in [1.82, 2.24) is 26.3 Å². The number of phenolic OH excluding ortho intramolecular Hbond substituents is 1. The second-order valence-electron chi connectivity index (χ2n) is 5.65. The number of nitrogens with zero attached hydrogens (tertiary/aromatic N) is 2. The lowest BCUT2D eigenvalue weighted by Crippen LogP contribution is -2.41. The lowest BCUT2D eigenvalue weighted by molar-refractivity contribution is 0.0845. The van der Waals surface area contributed by atoms with Crippen molar-refractivity contribution < 1.29 is 14.7 Å². The van der Waals surface area contributed by atoms with Crippen LogP contribution in [-0.4, -0.2) is 32.3 Å². The summed E-state index contributed by atoms with van der Waals surface area (Å²) in [5.41, 5.74) is 6.17. The van der Waals surface area contributed by atoms with Crippen LogP contribution in [0.25, 0.3) is 21.8 Å². The van der Waals surface area contributed by atoms with Crippen molar-refractivity contribution in [2.24, 2.45) is 0 Å². The van der Waals surface area contributed by atoms with Crippen molar-refractivity contribution in [2.75, 3.05) is 0 Å². The van der Waals surface area contributed by atoms with E-state index in [-0.39, 0.29) is 11.3 Å². The number of phenols is 1. The van der Waals surface area contributed by atoms with Crippen molar-refractivity contribution in [3.05, 3.63) is 65.7 Å². The zero-order valence-corrected chi connectivity index (χ0v) is 13.4. The van der Waals surface area contributed by atoms with Crippen LogP contribution in [0.15, 0.2) is 54.6 Å². The van der Waals surface area contributed by atoms with Crippen molar-refractivity contribution in [3.8, 4) is 5.75 Å². The number of nitrogens with one attached hydrogen (secondary N) is 3. The minimum atomic E-state index is -0.621. The standard InChI is InChI=1S/C18H13N5O3/c24-16-9-11-4-2-1-3-10(11)7-13(16)18(26)22-21-17(25)12-5-6-14-15(8-12)20-23-19-14/h1-9,24H,(H,21,25)(H,22,26)(H,19,20,23). The van der Waals surface area contributed by atoms with Crippen molar-refractivity contribution in [1.29, 1.82) is 0 Å². The molecule has 1 heterocycles. The topological polar surface area (TPSA) is 120 Å². The third-order valence-electron chi connectivity index (χ3n) is 3.98. The van der Waals surface area contributed by atoms with Crippen LogP contribution in [0.3, 0.4) is 0 Å². The van der Waals surface area contributed by atoms with Gasteiger partial charge in [-0.1, -0.05) is 24.3 Å². The van der Waals surface area contributed by atoms with Crippen LogP contribution >= 0.6 is 0 Å². The highest BCUT2D eigenvalue weighted by molar-refractivity contribution is 6.03. The first-order valence-electron chi connectivity index (χ1n) is 7.75. The average Bonchev–Trinajstić information content (AvgIpc) is 3.13. The molecule has 0 aliphatic rings. The molecule has 3 aromatic carbocycles. The van der Waals surface area contributed by atoms with Gasteiger partial charge in [0.1, 0.15) is 16.8 Å². The second kappa shape index (κ2) is 6.17. The Bertz CT molecular complexity index is 1150. The predicted molar refractivity (Wildman–Crippen MR) is 94.4 cm³/mol. The summed E-state index contributed by atoms with van der Waals surface area (Å²) >= 11 is 0. The molecule has 8 nitrogen and oxygen atoms in total. The molecule has 1 aromatic heterocycles. The summed E-state index contributed by atoms with van der Waals surface area (Å²) in [6, 6.07) is 15.2. The van der Waals surface area contributed by atoms with Gasteiger partial charge < -0.3 is 5.11 Å². The summed E-state index contributed by atoms with van der Waals surface area (Å²) in [4.78, 5) is 24.5. The highest BCUT2D eigenvalue weighted by Gasteiger charge is 2.14. The Labute approximate surface area is 146 Å². The van der Waals surface area contributed by atoms with E-state index in [4.69, 9.17) is 0 Å². The Morgan fingerprint density at radius 3 is 2.35 bits per heavy atom. The van der Waals surface area contributed by atoms with Gasteiger partial charge in [0.05, 0.1) is 5.56 Å². The largest absolute Gasteiger partial charge is 0.507 e. The Kier molecular flexibility index (Phi) is 3.70. The van der Waals surface area contributed by atoms with E-state index in [0.29, 0.717) is 16.6 Å². The van der Waals surface area contributed by atoms with Crippen molar-refractivity contribution >= 4 is 33.6 Å². The minimum absolute atomic E-state index is 0.0657. The number of amides is 2. The fraction of sp³-hybridized carbons (Fsp3) is 0. The molecule has 0 fully saturated rings. The second-order valence-corrected chi connectivity index (χ2v) is 5.65. The molecule has 0 aliphatic heterocycles. The van der Waals surface area contributed by atoms with E-state index < -0.39 is 11.8 Å². The van der Waals surface area contributed by atoms with E-state index in [2.05, 4.69) is 26.3 Å². The molecule has 0 radical (unpaired) electrons. The zero-order chi connectivity index (χ0) is 18.1. The number of carbonyl (C=O) groups is 2. The van der Waals surface area contributed by atoms with E-state index in [9.17, 15) is 14.7 Å². The van der Waals surface area contributed by atoms with E-state index >= 15 is 0 Å².